The number of halogens is 1. The van der Waals surface area contributed by atoms with Crippen LogP contribution in [-0.4, -0.2) is 16.8 Å². The number of hydrogen-bond acceptors (Lipinski definition) is 4. The number of carbonyl (C=O) groups excluding carboxylic acids is 2. The molecule has 2 aromatic carbocycles. The Balaban J connectivity index is 1.71. The van der Waals surface area contributed by atoms with E-state index in [1.807, 2.05) is 19.1 Å². The minimum Gasteiger partial charge on any atom is -0.340 e. The van der Waals surface area contributed by atoms with Gasteiger partial charge in [-0.3, -0.25) is 9.59 Å². The maximum atomic E-state index is 12.6. The van der Waals surface area contributed by atoms with Crippen LogP contribution in [0.3, 0.4) is 0 Å². The SMILES string of the molecule is CC(=O)Nc1ccc(Nc2cc(C(=O)Nc3ccc(Cl)cc3C)ccn2)cc1. The van der Waals surface area contributed by atoms with Gasteiger partial charge in [-0.15, -0.1) is 0 Å². The van der Waals surface area contributed by atoms with Gasteiger partial charge in [-0.05, 0) is 67.1 Å². The first-order valence-electron chi connectivity index (χ1n) is 8.59. The molecule has 6 nitrogen and oxygen atoms in total. The molecule has 0 aliphatic rings. The van der Waals surface area contributed by atoms with Gasteiger partial charge in [-0.1, -0.05) is 11.6 Å². The van der Waals surface area contributed by atoms with E-state index < -0.39 is 0 Å². The van der Waals surface area contributed by atoms with E-state index in [9.17, 15) is 9.59 Å². The average Bonchev–Trinajstić information content (AvgIpc) is 2.65. The summed E-state index contributed by atoms with van der Waals surface area (Å²) in [5.41, 5.74) is 3.55. The summed E-state index contributed by atoms with van der Waals surface area (Å²) < 4.78 is 0. The maximum Gasteiger partial charge on any atom is 0.255 e. The standard InChI is InChI=1S/C21H19ClN4O2/c1-13-11-16(22)3-8-19(13)26-21(28)15-9-10-23-20(12-15)25-18-6-4-17(5-7-18)24-14(2)27/h3-12H,1-2H3,(H,23,25)(H,24,27)(H,26,28). The molecule has 0 saturated heterocycles. The number of rotatable bonds is 5. The van der Waals surface area contributed by atoms with E-state index in [1.54, 1.807) is 48.7 Å². The molecule has 0 atom stereocenters. The predicted molar refractivity (Wildman–Crippen MR) is 112 cm³/mol. The van der Waals surface area contributed by atoms with Gasteiger partial charge in [0.1, 0.15) is 5.82 Å². The monoisotopic (exact) mass is 394 g/mol. The lowest BCUT2D eigenvalue weighted by Crippen LogP contribution is -2.13. The highest BCUT2D eigenvalue weighted by atomic mass is 35.5. The summed E-state index contributed by atoms with van der Waals surface area (Å²) in [5.74, 6) is 0.168. The van der Waals surface area contributed by atoms with Crippen LogP contribution in [-0.2, 0) is 4.79 Å². The van der Waals surface area contributed by atoms with Crippen LogP contribution in [0.5, 0.6) is 0 Å². The molecule has 3 rings (SSSR count). The van der Waals surface area contributed by atoms with Gasteiger partial charge in [0.15, 0.2) is 0 Å². The normalized spacial score (nSPS) is 10.2. The highest BCUT2D eigenvalue weighted by molar-refractivity contribution is 6.30. The highest BCUT2D eigenvalue weighted by Crippen LogP contribution is 2.22. The smallest absolute Gasteiger partial charge is 0.255 e. The fraction of sp³-hybridized carbons (Fsp3) is 0.0952. The van der Waals surface area contributed by atoms with Crippen LogP contribution in [0.1, 0.15) is 22.8 Å². The molecule has 0 aliphatic heterocycles. The van der Waals surface area contributed by atoms with Gasteiger partial charge in [0.25, 0.3) is 5.91 Å². The van der Waals surface area contributed by atoms with Crippen LogP contribution < -0.4 is 16.0 Å². The molecule has 0 radical (unpaired) electrons. The molecule has 0 unspecified atom stereocenters. The number of hydrogen-bond donors (Lipinski definition) is 3. The second-order valence-corrected chi connectivity index (χ2v) is 6.66. The van der Waals surface area contributed by atoms with Gasteiger partial charge < -0.3 is 16.0 Å². The van der Waals surface area contributed by atoms with Crippen molar-refractivity contribution in [2.45, 2.75) is 13.8 Å². The van der Waals surface area contributed by atoms with Crippen LogP contribution in [0.2, 0.25) is 5.02 Å². The van der Waals surface area contributed by atoms with Crippen molar-refractivity contribution < 1.29 is 9.59 Å². The summed E-state index contributed by atoms with van der Waals surface area (Å²) in [4.78, 5) is 27.9. The second-order valence-electron chi connectivity index (χ2n) is 6.23. The quantitative estimate of drug-likeness (QED) is 0.568. The van der Waals surface area contributed by atoms with E-state index >= 15 is 0 Å². The van der Waals surface area contributed by atoms with E-state index in [1.165, 1.54) is 6.92 Å². The molecule has 1 aromatic heterocycles. The van der Waals surface area contributed by atoms with Crippen molar-refractivity contribution in [1.29, 1.82) is 0 Å². The van der Waals surface area contributed by atoms with E-state index in [2.05, 4.69) is 20.9 Å². The number of pyridine rings is 1. The Morgan fingerprint density at radius 2 is 1.64 bits per heavy atom. The third kappa shape index (κ3) is 5.08. The van der Waals surface area contributed by atoms with Crippen molar-refractivity contribution in [3.63, 3.8) is 0 Å². The fourth-order valence-corrected chi connectivity index (χ4v) is 2.82. The molecule has 0 fully saturated rings. The van der Waals surface area contributed by atoms with Crippen molar-refractivity contribution in [3.05, 3.63) is 76.9 Å². The Morgan fingerprint density at radius 1 is 0.929 bits per heavy atom. The number of nitrogens with one attached hydrogen (secondary N) is 3. The maximum absolute atomic E-state index is 12.6. The molecule has 0 bridgehead atoms. The summed E-state index contributed by atoms with van der Waals surface area (Å²) in [6.45, 7) is 3.34. The zero-order chi connectivity index (χ0) is 20.1. The highest BCUT2D eigenvalue weighted by Gasteiger charge is 2.09. The summed E-state index contributed by atoms with van der Waals surface area (Å²) in [6.07, 6.45) is 1.57. The molecule has 3 aromatic rings. The van der Waals surface area contributed by atoms with E-state index in [-0.39, 0.29) is 11.8 Å². The van der Waals surface area contributed by atoms with Gasteiger partial charge in [0.2, 0.25) is 5.91 Å². The average molecular weight is 395 g/mol. The number of nitrogens with zero attached hydrogens (tertiary/aromatic N) is 1. The molecule has 0 spiro atoms. The van der Waals surface area contributed by atoms with Crippen LogP contribution in [0.4, 0.5) is 22.9 Å². The van der Waals surface area contributed by atoms with Crippen LogP contribution in [0.25, 0.3) is 0 Å². The lowest BCUT2D eigenvalue weighted by molar-refractivity contribution is -0.114. The Hall–Kier alpha value is -3.38. The van der Waals surface area contributed by atoms with Gasteiger partial charge in [-0.25, -0.2) is 4.98 Å². The molecule has 0 saturated carbocycles. The Bertz CT molecular complexity index is 1020. The number of amides is 2. The summed E-state index contributed by atoms with van der Waals surface area (Å²) in [7, 11) is 0. The molecule has 142 valence electrons. The summed E-state index contributed by atoms with van der Waals surface area (Å²) in [6, 6.07) is 15.8. The third-order valence-corrected chi connectivity index (χ3v) is 4.17. The molecule has 28 heavy (non-hydrogen) atoms. The molecule has 7 heteroatoms. The van der Waals surface area contributed by atoms with Gasteiger partial charge in [0, 0.05) is 40.8 Å². The zero-order valence-electron chi connectivity index (χ0n) is 15.4. The fourth-order valence-electron chi connectivity index (χ4n) is 2.59. The lowest BCUT2D eigenvalue weighted by atomic mass is 10.2. The largest absolute Gasteiger partial charge is 0.340 e. The first kappa shape index (κ1) is 19.4. The molecule has 3 N–H and O–H groups in total. The second kappa shape index (κ2) is 8.54. The van der Waals surface area contributed by atoms with Crippen LogP contribution in [0, 0.1) is 6.92 Å². The predicted octanol–water partition coefficient (Wildman–Crippen LogP) is 5.00. The van der Waals surface area contributed by atoms with Crippen molar-refractivity contribution in [2.24, 2.45) is 0 Å². The van der Waals surface area contributed by atoms with Gasteiger partial charge in [0.05, 0.1) is 0 Å². The van der Waals surface area contributed by atoms with Crippen LogP contribution >= 0.6 is 11.6 Å². The Kier molecular flexibility index (Phi) is 5.91. The summed E-state index contributed by atoms with van der Waals surface area (Å²) in [5, 5.41) is 9.35. The molecule has 0 aliphatic carbocycles. The van der Waals surface area contributed by atoms with Crippen molar-refractivity contribution >= 4 is 46.3 Å². The molecular formula is C21H19ClN4O2. The first-order valence-corrected chi connectivity index (χ1v) is 8.97. The Morgan fingerprint density at radius 3 is 2.32 bits per heavy atom. The van der Waals surface area contributed by atoms with Crippen LogP contribution in [0.15, 0.2) is 60.8 Å². The van der Waals surface area contributed by atoms with Crippen molar-refractivity contribution in [2.75, 3.05) is 16.0 Å². The minimum atomic E-state index is -0.239. The van der Waals surface area contributed by atoms with Gasteiger partial charge >= 0.3 is 0 Å². The van der Waals surface area contributed by atoms with E-state index in [4.69, 9.17) is 11.6 Å². The zero-order valence-corrected chi connectivity index (χ0v) is 16.2. The number of aryl methyl sites for hydroxylation is 1. The topological polar surface area (TPSA) is 83.1 Å². The lowest BCUT2D eigenvalue weighted by Gasteiger charge is -2.11. The Labute approximate surface area is 168 Å². The summed E-state index contributed by atoms with van der Waals surface area (Å²) >= 11 is 5.95. The molecule has 2 amide bonds. The number of carbonyl (C=O) groups is 2. The first-order chi connectivity index (χ1) is 13.4. The number of benzene rings is 2. The van der Waals surface area contributed by atoms with E-state index in [0.717, 1.165) is 11.3 Å². The minimum absolute atomic E-state index is 0.128. The number of aromatic nitrogens is 1. The number of anilines is 4. The van der Waals surface area contributed by atoms with E-state index in [0.29, 0.717) is 27.8 Å². The van der Waals surface area contributed by atoms with Gasteiger partial charge in [-0.2, -0.15) is 0 Å². The van der Waals surface area contributed by atoms with Crippen molar-refractivity contribution in [3.8, 4) is 0 Å². The molecular weight excluding hydrogens is 376 g/mol. The molecule has 1 heterocycles. The third-order valence-electron chi connectivity index (χ3n) is 3.94. The van der Waals surface area contributed by atoms with Crippen molar-refractivity contribution in [1.82, 2.24) is 4.98 Å².